The van der Waals surface area contributed by atoms with Gasteiger partial charge in [-0.15, -0.1) is 0 Å². The predicted octanol–water partition coefficient (Wildman–Crippen LogP) is 3.59. The van der Waals surface area contributed by atoms with Crippen molar-refractivity contribution in [3.63, 3.8) is 0 Å². The van der Waals surface area contributed by atoms with E-state index in [0.717, 1.165) is 0 Å². The van der Waals surface area contributed by atoms with E-state index in [4.69, 9.17) is 29.2 Å². The van der Waals surface area contributed by atoms with E-state index in [0.29, 0.717) is 23.6 Å². The van der Waals surface area contributed by atoms with Gasteiger partial charge in [0.05, 0.1) is 25.1 Å². The van der Waals surface area contributed by atoms with E-state index in [1.54, 1.807) is 6.33 Å². The molecule has 190 valence electrons. The molecule has 4 rings (SSSR count). The maximum absolute atomic E-state index is 7.25. The smallest absolute Gasteiger partial charge is 0.335 e. The van der Waals surface area contributed by atoms with Gasteiger partial charge >= 0.3 is 17.1 Å². The van der Waals surface area contributed by atoms with E-state index in [-0.39, 0.29) is 34.4 Å². The number of imidazole rings is 1. The van der Waals surface area contributed by atoms with Crippen LogP contribution in [0.3, 0.4) is 0 Å². The predicted molar refractivity (Wildman–Crippen MR) is 135 cm³/mol. The number of nitrogens with zero attached hydrogens (tertiary/aromatic N) is 4. The molecule has 4 heterocycles. The van der Waals surface area contributed by atoms with Gasteiger partial charge in [0.2, 0.25) is 0 Å². The maximum Gasteiger partial charge on any atom is 0.335 e. The molecule has 0 bridgehead atoms. The first-order valence-electron chi connectivity index (χ1n) is 12.3. The van der Waals surface area contributed by atoms with Crippen molar-refractivity contribution in [2.45, 2.75) is 102 Å². The van der Waals surface area contributed by atoms with Crippen molar-refractivity contribution in [1.82, 2.24) is 19.5 Å². The molecule has 4 N–H and O–H groups in total. The van der Waals surface area contributed by atoms with Gasteiger partial charge in [-0.1, -0.05) is 55.4 Å². The Morgan fingerprint density at radius 3 is 2.15 bits per heavy atom. The Kier molecular flexibility index (Phi) is 6.97. The van der Waals surface area contributed by atoms with Gasteiger partial charge in [0.1, 0.15) is 17.9 Å². The first-order valence-corrected chi connectivity index (χ1v) is 16.2. The van der Waals surface area contributed by atoms with Crippen molar-refractivity contribution in [3.8, 4) is 0 Å². The second kappa shape index (κ2) is 9.23. The summed E-state index contributed by atoms with van der Waals surface area (Å²) >= 11 is 0. The van der Waals surface area contributed by atoms with Gasteiger partial charge in [-0.25, -0.2) is 15.0 Å². The zero-order valence-electron chi connectivity index (χ0n) is 21.6. The molecule has 2 aliphatic rings. The lowest BCUT2D eigenvalue weighted by Crippen LogP contribution is -2.66. The van der Waals surface area contributed by atoms with Gasteiger partial charge < -0.3 is 29.2 Å². The SMILES string of the molecule is CC(C)[Si]1(C(C)C)OC[C@@H]2O[C@H](n3cnc4c(N)ncnc43)[C@@H](N)[C@@H]2O[Si](C(C)C)(C(C)C)O1. The van der Waals surface area contributed by atoms with Crippen molar-refractivity contribution in [2.24, 2.45) is 5.73 Å². The minimum Gasteiger partial charge on any atom is -0.414 e. The van der Waals surface area contributed by atoms with Crippen molar-refractivity contribution >= 4 is 34.1 Å². The molecule has 12 heteroatoms. The summed E-state index contributed by atoms with van der Waals surface area (Å²) in [5, 5.41) is 0. The van der Waals surface area contributed by atoms with Gasteiger partial charge in [-0.3, -0.25) is 4.57 Å². The summed E-state index contributed by atoms with van der Waals surface area (Å²) in [5.41, 5.74) is 14.9. The second-order valence-corrected chi connectivity index (χ2v) is 19.6. The molecule has 2 aromatic rings. The Balaban J connectivity index is 1.77. The first kappa shape index (κ1) is 25.7. The minimum atomic E-state index is -2.78. The Morgan fingerprint density at radius 1 is 0.941 bits per heavy atom. The normalized spacial score (nSPS) is 29.2. The molecule has 0 spiro atoms. The summed E-state index contributed by atoms with van der Waals surface area (Å²) in [6.45, 7) is 18.0. The number of rotatable bonds is 5. The summed E-state index contributed by atoms with van der Waals surface area (Å²) in [7, 11) is -5.42. The molecule has 10 nitrogen and oxygen atoms in total. The third-order valence-corrected chi connectivity index (χ3v) is 17.6. The Labute approximate surface area is 204 Å². The van der Waals surface area contributed by atoms with E-state index < -0.39 is 29.4 Å². The van der Waals surface area contributed by atoms with Gasteiger partial charge in [0.15, 0.2) is 17.7 Å². The van der Waals surface area contributed by atoms with Crippen molar-refractivity contribution in [2.75, 3.05) is 12.3 Å². The molecule has 0 aliphatic carbocycles. The quantitative estimate of drug-likeness (QED) is 0.581. The number of anilines is 1. The van der Waals surface area contributed by atoms with Gasteiger partial charge in [-0.2, -0.15) is 0 Å². The molecule has 34 heavy (non-hydrogen) atoms. The molecule has 2 aliphatic heterocycles. The van der Waals surface area contributed by atoms with E-state index in [2.05, 4.69) is 70.3 Å². The van der Waals surface area contributed by atoms with Crippen LogP contribution in [-0.2, 0) is 17.7 Å². The van der Waals surface area contributed by atoms with E-state index in [9.17, 15) is 0 Å². The topological polar surface area (TPSA) is 133 Å². The molecule has 2 fully saturated rings. The number of nitrogen functional groups attached to an aromatic ring is 1. The van der Waals surface area contributed by atoms with Crippen LogP contribution in [0, 0.1) is 0 Å². The van der Waals surface area contributed by atoms with E-state index >= 15 is 0 Å². The Hall–Kier alpha value is -1.42. The number of hydrogen-bond acceptors (Lipinski definition) is 9. The summed E-state index contributed by atoms with van der Waals surface area (Å²) in [5.74, 6) is 0.324. The van der Waals surface area contributed by atoms with Gasteiger partial charge in [0, 0.05) is 0 Å². The second-order valence-electron chi connectivity index (χ2n) is 10.8. The lowest BCUT2D eigenvalue weighted by Gasteiger charge is -2.51. The summed E-state index contributed by atoms with van der Waals surface area (Å²) in [4.78, 5) is 12.8. The van der Waals surface area contributed by atoms with E-state index in [1.807, 2.05) is 4.57 Å². The van der Waals surface area contributed by atoms with Crippen LogP contribution in [0.25, 0.3) is 11.2 Å². The highest BCUT2D eigenvalue weighted by Gasteiger charge is 2.61. The van der Waals surface area contributed by atoms with Gasteiger partial charge in [0.25, 0.3) is 0 Å². The van der Waals surface area contributed by atoms with Crippen LogP contribution in [0.5, 0.6) is 0 Å². The third kappa shape index (κ3) is 3.92. The summed E-state index contributed by atoms with van der Waals surface area (Å²) < 4.78 is 29.5. The highest BCUT2D eigenvalue weighted by Crippen LogP contribution is 2.48. The highest BCUT2D eigenvalue weighted by atomic mass is 28.5. The molecule has 2 saturated heterocycles. The molecule has 0 amide bonds. The van der Waals surface area contributed by atoms with Crippen LogP contribution in [0.15, 0.2) is 12.7 Å². The fraction of sp³-hybridized carbons (Fsp3) is 0.773. The van der Waals surface area contributed by atoms with E-state index in [1.165, 1.54) is 6.33 Å². The van der Waals surface area contributed by atoms with Crippen LogP contribution in [0.1, 0.15) is 61.6 Å². The monoisotopic (exact) mass is 508 g/mol. The van der Waals surface area contributed by atoms with Crippen LogP contribution in [0.2, 0.25) is 22.2 Å². The van der Waals surface area contributed by atoms with Crippen LogP contribution >= 0.6 is 0 Å². The largest absolute Gasteiger partial charge is 0.414 e. The lowest BCUT2D eigenvalue weighted by atomic mass is 10.1. The fourth-order valence-electron chi connectivity index (χ4n) is 5.49. The molecule has 0 aromatic carbocycles. The molecule has 0 radical (unpaired) electrons. The zero-order chi connectivity index (χ0) is 25.0. The fourth-order valence-corrected chi connectivity index (χ4v) is 16.7. The number of ether oxygens (including phenoxy) is 1. The third-order valence-electron chi connectivity index (χ3n) is 7.38. The molecule has 0 saturated carbocycles. The van der Waals surface area contributed by atoms with Crippen LogP contribution in [-0.4, -0.2) is 61.5 Å². The number of fused-ring (bicyclic) bond motifs is 2. The zero-order valence-corrected chi connectivity index (χ0v) is 23.6. The minimum absolute atomic E-state index is 0.215. The number of nitrogens with two attached hydrogens (primary N) is 2. The molecule has 2 aromatic heterocycles. The average Bonchev–Trinajstić information content (AvgIpc) is 3.29. The standard InChI is InChI=1S/C22H40N6O4Si2/c1-12(2)33(13(3)4)29-9-16-19(31-34(32-33,14(5)6)15(7)8)17(23)22(30-16)28-11-27-18-20(24)25-10-26-21(18)28/h10-17,19,22H,9,23H2,1-8H3,(H2,24,25,26)/t16-,17-,19+,22-/m0/s1. The number of hydrogen-bond donors (Lipinski definition) is 2. The first-order chi connectivity index (χ1) is 15.9. The highest BCUT2D eigenvalue weighted by molar-refractivity contribution is 6.84. The van der Waals surface area contributed by atoms with Crippen molar-refractivity contribution in [1.29, 1.82) is 0 Å². The molecular weight excluding hydrogens is 468 g/mol. The van der Waals surface area contributed by atoms with Crippen LogP contribution in [0.4, 0.5) is 5.82 Å². The Morgan fingerprint density at radius 2 is 1.56 bits per heavy atom. The van der Waals surface area contributed by atoms with Gasteiger partial charge in [-0.05, 0) is 22.2 Å². The average molecular weight is 509 g/mol. The van der Waals surface area contributed by atoms with Crippen LogP contribution < -0.4 is 11.5 Å². The molecule has 4 atom stereocenters. The molecular formula is C22H40N6O4Si2. The number of aromatic nitrogens is 4. The van der Waals surface area contributed by atoms with Crippen molar-refractivity contribution in [3.05, 3.63) is 12.7 Å². The Bertz CT molecular complexity index is 1000. The lowest BCUT2D eigenvalue weighted by molar-refractivity contribution is -0.0546. The maximum atomic E-state index is 7.25. The summed E-state index contributed by atoms with van der Waals surface area (Å²) in [6, 6.07) is -0.456. The molecule has 0 unspecified atom stereocenters. The van der Waals surface area contributed by atoms with Crippen molar-refractivity contribution < 1.29 is 17.7 Å². The summed E-state index contributed by atoms with van der Waals surface area (Å²) in [6.07, 6.45) is 1.87.